The van der Waals surface area contributed by atoms with Crippen LogP contribution in [0.1, 0.15) is 23.3 Å². The molecule has 0 saturated carbocycles. The van der Waals surface area contributed by atoms with Gasteiger partial charge in [0.1, 0.15) is 10.6 Å². The molecular formula is C15H16N4O5S. The molecule has 0 bridgehead atoms. The number of aromatic amines is 1. The molecule has 132 valence electrons. The highest BCUT2D eigenvalue weighted by Crippen LogP contribution is 2.22. The Hall–Kier alpha value is -2.88. The standard InChI is InChI=1S/C15H16N4O5S/c20-15(18-6-1-2-7-18)14-9-13(10-16-14)25(23,24)17-11-4-3-5-12(8-11)19(21)22/h3-5,8-10,16-17H,1-2,6-7H2. The summed E-state index contributed by atoms with van der Waals surface area (Å²) in [6, 6.07) is 6.45. The molecule has 1 aromatic heterocycles. The zero-order valence-electron chi connectivity index (χ0n) is 13.1. The van der Waals surface area contributed by atoms with Crippen molar-refractivity contribution in [2.45, 2.75) is 17.7 Å². The number of nitrogens with one attached hydrogen (secondary N) is 2. The molecule has 1 aliphatic rings. The predicted octanol–water partition coefficient (Wildman–Crippen LogP) is 1.96. The lowest BCUT2D eigenvalue weighted by molar-refractivity contribution is -0.384. The highest BCUT2D eigenvalue weighted by atomic mass is 32.2. The first-order valence-corrected chi connectivity index (χ1v) is 9.10. The molecule has 0 atom stereocenters. The lowest BCUT2D eigenvalue weighted by Gasteiger charge is -2.13. The number of amides is 1. The number of H-pyrrole nitrogens is 1. The SMILES string of the molecule is O=C(c1cc(S(=O)(=O)Nc2cccc([N+](=O)[O-])c2)c[nH]1)N1CCCC1. The Morgan fingerprint density at radius 1 is 1.24 bits per heavy atom. The largest absolute Gasteiger partial charge is 0.356 e. The Kier molecular flexibility index (Phi) is 4.45. The van der Waals surface area contributed by atoms with E-state index >= 15 is 0 Å². The van der Waals surface area contributed by atoms with Gasteiger partial charge in [0.25, 0.3) is 21.6 Å². The fourth-order valence-electron chi connectivity index (χ4n) is 2.64. The van der Waals surface area contributed by atoms with Gasteiger partial charge >= 0.3 is 0 Å². The third-order valence-electron chi connectivity index (χ3n) is 3.90. The number of benzene rings is 1. The van der Waals surface area contributed by atoms with E-state index in [0.29, 0.717) is 13.1 Å². The summed E-state index contributed by atoms with van der Waals surface area (Å²) in [4.78, 5) is 26.7. The maximum absolute atomic E-state index is 12.4. The maximum atomic E-state index is 12.4. The summed E-state index contributed by atoms with van der Waals surface area (Å²) in [5.74, 6) is -0.241. The Morgan fingerprint density at radius 2 is 1.96 bits per heavy atom. The lowest BCUT2D eigenvalue weighted by atomic mass is 10.3. The van der Waals surface area contributed by atoms with Gasteiger partial charge in [0.15, 0.2) is 0 Å². The molecule has 1 aliphatic heterocycles. The number of hydrogen-bond acceptors (Lipinski definition) is 5. The van der Waals surface area contributed by atoms with Crippen LogP contribution in [0.4, 0.5) is 11.4 Å². The summed E-state index contributed by atoms with van der Waals surface area (Å²) in [7, 11) is -3.97. The molecule has 1 amide bonds. The van der Waals surface area contributed by atoms with Crippen molar-refractivity contribution in [1.29, 1.82) is 0 Å². The van der Waals surface area contributed by atoms with Gasteiger partial charge in [-0.3, -0.25) is 19.6 Å². The number of anilines is 1. The van der Waals surface area contributed by atoms with Crippen LogP contribution in [0.15, 0.2) is 41.4 Å². The number of nitro groups is 1. The van der Waals surface area contributed by atoms with Crippen LogP contribution in [0.3, 0.4) is 0 Å². The van der Waals surface area contributed by atoms with Crippen LogP contribution >= 0.6 is 0 Å². The molecule has 0 aliphatic carbocycles. The molecule has 10 heteroatoms. The van der Waals surface area contributed by atoms with Crippen molar-refractivity contribution in [2.75, 3.05) is 17.8 Å². The Balaban J connectivity index is 1.80. The molecule has 1 saturated heterocycles. The number of carbonyl (C=O) groups is 1. The van der Waals surface area contributed by atoms with Gasteiger partial charge in [0.05, 0.1) is 10.6 Å². The maximum Gasteiger partial charge on any atom is 0.271 e. The summed E-state index contributed by atoms with van der Waals surface area (Å²) in [5.41, 5.74) is 0.0447. The van der Waals surface area contributed by atoms with Crippen LogP contribution < -0.4 is 4.72 Å². The highest BCUT2D eigenvalue weighted by Gasteiger charge is 2.24. The molecular weight excluding hydrogens is 348 g/mol. The van der Waals surface area contributed by atoms with E-state index in [9.17, 15) is 23.3 Å². The summed E-state index contributed by atoms with van der Waals surface area (Å²) in [6.45, 7) is 1.32. The minimum absolute atomic E-state index is 0.0721. The van der Waals surface area contributed by atoms with Gasteiger partial charge in [-0.05, 0) is 25.0 Å². The molecule has 0 unspecified atom stereocenters. The molecule has 1 aromatic carbocycles. The Labute approximate surface area is 143 Å². The van der Waals surface area contributed by atoms with Gasteiger partial charge in [0.2, 0.25) is 0 Å². The number of carbonyl (C=O) groups excluding carboxylic acids is 1. The fourth-order valence-corrected chi connectivity index (χ4v) is 3.68. The molecule has 2 N–H and O–H groups in total. The van der Waals surface area contributed by atoms with Crippen LogP contribution in [0.5, 0.6) is 0 Å². The number of likely N-dealkylation sites (tertiary alicyclic amines) is 1. The van der Waals surface area contributed by atoms with Crippen molar-refractivity contribution in [3.8, 4) is 0 Å². The normalized spacial score (nSPS) is 14.5. The molecule has 1 fully saturated rings. The molecule has 2 heterocycles. The van der Waals surface area contributed by atoms with E-state index in [1.54, 1.807) is 4.90 Å². The van der Waals surface area contributed by atoms with E-state index in [4.69, 9.17) is 0 Å². The first-order valence-electron chi connectivity index (χ1n) is 7.62. The third-order valence-corrected chi connectivity index (χ3v) is 5.26. The van der Waals surface area contributed by atoms with E-state index in [1.165, 1.54) is 30.5 Å². The molecule has 9 nitrogen and oxygen atoms in total. The number of hydrogen-bond donors (Lipinski definition) is 2. The Bertz CT molecular complexity index is 916. The van der Waals surface area contributed by atoms with E-state index < -0.39 is 14.9 Å². The number of sulfonamides is 1. The summed E-state index contributed by atoms with van der Waals surface area (Å²) >= 11 is 0. The summed E-state index contributed by atoms with van der Waals surface area (Å²) in [5, 5.41) is 10.8. The first-order chi connectivity index (χ1) is 11.9. The second-order valence-corrected chi connectivity index (χ2v) is 7.34. The van der Waals surface area contributed by atoms with E-state index in [0.717, 1.165) is 18.9 Å². The minimum Gasteiger partial charge on any atom is -0.356 e. The highest BCUT2D eigenvalue weighted by molar-refractivity contribution is 7.92. The second kappa shape index (κ2) is 6.55. The molecule has 0 radical (unpaired) electrons. The fraction of sp³-hybridized carbons (Fsp3) is 0.267. The van der Waals surface area contributed by atoms with Gasteiger partial charge in [-0.1, -0.05) is 6.07 Å². The minimum atomic E-state index is -3.97. The monoisotopic (exact) mass is 364 g/mol. The topological polar surface area (TPSA) is 125 Å². The van der Waals surface area contributed by atoms with Crippen LogP contribution in [-0.2, 0) is 10.0 Å². The zero-order valence-corrected chi connectivity index (χ0v) is 14.0. The van der Waals surface area contributed by atoms with Gasteiger partial charge in [0, 0.05) is 31.4 Å². The summed E-state index contributed by atoms with van der Waals surface area (Å²) in [6.07, 6.45) is 3.10. The van der Waals surface area contributed by atoms with Gasteiger partial charge in [-0.2, -0.15) is 0 Å². The van der Waals surface area contributed by atoms with Crippen LogP contribution in [0.25, 0.3) is 0 Å². The van der Waals surface area contributed by atoms with Crippen molar-refractivity contribution < 1.29 is 18.1 Å². The zero-order chi connectivity index (χ0) is 18.0. The molecule has 3 rings (SSSR count). The average molecular weight is 364 g/mol. The predicted molar refractivity (Wildman–Crippen MR) is 89.8 cm³/mol. The average Bonchev–Trinajstić information content (AvgIpc) is 3.26. The van der Waals surface area contributed by atoms with Gasteiger partial charge in [-0.15, -0.1) is 0 Å². The van der Waals surface area contributed by atoms with Crippen LogP contribution in [-0.4, -0.2) is 42.2 Å². The number of non-ortho nitro benzene ring substituents is 1. The quantitative estimate of drug-likeness (QED) is 0.619. The molecule has 0 spiro atoms. The third kappa shape index (κ3) is 3.63. The van der Waals surface area contributed by atoms with E-state index in [1.807, 2.05) is 0 Å². The van der Waals surface area contributed by atoms with Crippen LogP contribution in [0, 0.1) is 10.1 Å². The molecule has 2 aromatic rings. The smallest absolute Gasteiger partial charge is 0.271 e. The van der Waals surface area contributed by atoms with Crippen molar-refractivity contribution in [2.24, 2.45) is 0 Å². The van der Waals surface area contributed by atoms with Gasteiger partial charge in [-0.25, -0.2) is 8.42 Å². The first kappa shape index (κ1) is 17.0. The van der Waals surface area contributed by atoms with Crippen molar-refractivity contribution in [3.05, 3.63) is 52.3 Å². The number of aromatic nitrogens is 1. The number of nitro benzene ring substituents is 1. The van der Waals surface area contributed by atoms with Crippen LogP contribution in [0.2, 0.25) is 0 Å². The second-order valence-electron chi connectivity index (χ2n) is 5.66. The van der Waals surface area contributed by atoms with E-state index in [2.05, 4.69) is 9.71 Å². The van der Waals surface area contributed by atoms with E-state index in [-0.39, 0.29) is 27.9 Å². The number of rotatable bonds is 5. The van der Waals surface area contributed by atoms with Gasteiger partial charge < -0.3 is 9.88 Å². The summed E-state index contributed by atoms with van der Waals surface area (Å²) < 4.78 is 27.1. The Morgan fingerprint density at radius 3 is 2.64 bits per heavy atom. The lowest BCUT2D eigenvalue weighted by Crippen LogP contribution is -2.27. The van der Waals surface area contributed by atoms with Crippen molar-refractivity contribution in [3.63, 3.8) is 0 Å². The van der Waals surface area contributed by atoms with Crippen molar-refractivity contribution in [1.82, 2.24) is 9.88 Å². The van der Waals surface area contributed by atoms with Crippen molar-refractivity contribution >= 4 is 27.3 Å². The molecule has 25 heavy (non-hydrogen) atoms. The number of nitrogens with zero attached hydrogens (tertiary/aromatic N) is 2.